The molecule has 1 N–H and O–H groups in total. The molecule has 1 aromatic rings. The minimum Gasteiger partial charge on any atom is -0.336 e. The van der Waals surface area contributed by atoms with Crippen molar-refractivity contribution in [3.8, 4) is 0 Å². The van der Waals surface area contributed by atoms with Crippen LogP contribution in [0.15, 0.2) is 41.8 Å². The molecular formula is C17H24N2OS. The van der Waals surface area contributed by atoms with Crippen LogP contribution in [0.25, 0.3) is 0 Å². The van der Waals surface area contributed by atoms with E-state index in [9.17, 15) is 4.79 Å². The molecule has 0 bridgehead atoms. The van der Waals surface area contributed by atoms with E-state index in [4.69, 9.17) is 0 Å². The first kappa shape index (κ1) is 16.1. The first-order chi connectivity index (χ1) is 10.2. The number of rotatable bonds is 6. The topological polar surface area (TPSA) is 32.3 Å². The number of carbonyl (C=O) groups excluding carboxylic acids is 1. The normalized spacial score (nSPS) is 15.7. The lowest BCUT2D eigenvalue weighted by molar-refractivity contribution is -0.132. The molecule has 1 saturated heterocycles. The Morgan fingerprint density at radius 2 is 2.05 bits per heavy atom. The maximum absolute atomic E-state index is 12.6. The second kappa shape index (κ2) is 8.25. The molecule has 4 heteroatoms. The van der Waals surface area contributed by atoms with Crippen molar-refractivity contribution in [1.82, 2.24) is 10.2 Å². The summed E-state index contributed by atoms with van der Waals surface area (Å²) in [7, 11) is 0. The minimum absolute atomic E-state index is 0.207. The fraction of sp³-hybridized carbons (Fsp3) is 0.471. The van der Waals surface area contributed by atoms with Crippen LogP contribution in [0.2, 0.25) is 0 Å². The quantitative estimate of drug-likeness (QED) is 0.648. The Kier molecular flexibility index (Phi) is 6.33. The van der Waals surface area contributed by atoms with Gasteiger partial charge < -0.3 is 10.2 Å². The van der Waals surface area contributed by atoms with Crippen molar-refractivity contribution in [2.24, 2.45) is 0 Å². The molecule has 0 aromatic heterocycles. The van der Waals surface area contributed by atoms with E-state index in [1.165, 1.54) is 4.90 Å². The summed E-state index contributed by atoms with van der Waals surface area (Å²) in [5.74, 6) is 0.207. The van der Waals surface area contributed by atoms with Crippen molar-refractivity contribution in [3.63, 3.8) is 0 Å². The highest BCUT2D eigenvalue weighted by Gasteiger charge is 2.24. The van der Waals surface area contributed by atoms with Gasteiger partial charge in [-0.15, -0.1) is 18.3 Å². The SMILES string of the molecule is C=CCN(C(=O)Cc1ccc(SC)cc1)C1CCNCC1. The first-order valence-electron chi connectivity index (χ1n) is 7.48. The average molecular weight is 304 g/mol. The number of amides is 1. The van der Waals surface area contributed by atoms with Crippen LogP contribution in [0.5, 0.6) is 0 Å². The Morgan fingerprint density at radius 1 is 1.38 bits per heavy atom. The van der Waals surface area contributed by atoms with Gasteiger partial charge in [0.25, 0.3) is 0 Å². The van der Waals surface area contributed by atoms with E-state index in [1.54, 1.807) is 11.8 Å². The molecule has 2 rings (SSSR count). The summed E-state index contributed by atoms with van der Waals surface area (Å²) < 4.78 is 0. The smallest absolute Gasteiger partial charge is 0.227 e. The number of hydrogen-bond donors (Lipinski definition) is 1. The average Bonchev–Trinajstić information content (AvgIpc) is 2.54. The zero-order valence-electron chi connectivity index (χ0n) is 12.7. The van der Waals surface area contributed by atoms with Gasteiger partial charge in [-0.25, -0.2) is 0 Å². The minimum atomic E-state index is 0.207. The van der Waals surface area contributed by atoms with Crippen molar-refractivity contribution in [2.45, 2.75) is 30.2 Å². The van der Waals surface area contributed by atoms with E-state index >= 15 is 0 Å². The molecule has 0 atom stereocenters. The first-order valence-corrected chi connectivity index (χ1v) is 8.71. The Hall–Kier alpha value is -1.26. The molecule has 0 saturated carbocycles. The van der Waals surface area contributed by atoms with E-state index < -0.39 is 0 Å². The van der Waals surface area contributed by atoms with Crippen LogP contribution in [0, 0.1) is 0 Å². The highest BCUT2D eigenvalue weighted by atomic mass is 32.2. The van der Waals surface area contributed by atoms with Gasteiger partial charge in [0.1, 0.15) is 0 Å². The van der Waals surface area contributed by atoms with Crippen molar-refractivity contribution >= 4 is 17.7 Å². The zero-order chi connectivity index (χ0) is 15.1. The number of hydrogen-bond acceptors (Lipinski definition) is 3. The van der Waals surface area contributed by atoms with Gasteiger partial charge in [-0.05, 0) is 49.9 Å². The Morgan fingerprint density at radius 3 is 2.62 bits per heavy atom. The summed E-state index contributed by atoms with van der Waals surface area (Å²) in [4.78, 5) is 15.8. The summed E-state index contributed by atoms with van der Waals surface area (Å²) in [6.45, 7) is 6.43. The molecule has 114 valence electrons. The van der Waals surface area contributed by atoms with Crippen molar-refractivity contribution in [3.05, 3.63) is 42.5 Å². The third-order valence-electron chi connectivity index (χ3n) is 3.91. The van der Waals surface area contributed by atoms with Crippen LogP contribution >= 0.6 is 11.8 Å². The Balaban J connectivity index is 2.01. The van der Waals surface area contributed by atoms with Crippen LogP contribution in [0.1, 0.15) is 18.4 Å². The maximum Gasteiger partial charge on any atom is 0.227 e. The number of nitrogens with one attached hydrogen (secondary N) is 1. The van der Waals surface area contributed by atoms with Crippen LogP contribution in [-0.4, -0.2) is 42.7 Å². The van der Waals surface area contributed by atoms with E-state index in [1.807, 2.05) is 11.0 Å². The van der Waals surface area contributed by atoms with Crippen molar-refractivity contribution < 1.29 is 4.79 Å². The summed E-state index contributed by atoms with van der Waals surface area (Å²) in [6.07, 6.45) is 6.43. The number of piperidine rings is 1. The molecule has 0 aliphatic carbocycles. The van der Waals surface area contributed by atoms with Gasteiger partial charge >= 0.3 is 0 Å². The molecular weight excluding hydrogens is 280 g/mol. The zero-order valence-corrected chi connectivity index (χ0v) is 13.5. The van der Waals surface area contributed by atoms with E-state index in [-0.39, 0.29) is 5.91 Å². The fourth-order valence-corrected chi connectivity index (χ4v) is 3.14. The molecule has 0 unspecified atom stereocenters. The number of benzene rings is 1. The van der Waals surface area contributed by atoms with Gasteiger partial charge in [-0.2, -0.15) is 0 Å². The molecule has 21 heavy (non-hydrogen) atoms. The fourth-order valence-electron chi connectivity index (χ4n) is 2.73. The molecule has 0 radical (unpaired) electrons. The largest absolute Gasteiger partial charge is 0.336 e. The van der Waals surface area contributed by atoms with Crippen LogP contribution < -0.4 is 5.32 Å². The lowest BCUT2D eigenvalue weighted by Crippen LogP contribution is -2.46. The number of nitrogens with zero attached hydrogens (tertiary/aromatic N) is 1. The van der Waals surface area contributed by atoms with Crippen LogP contribution in [-0.2, 0) is 11.2 Å². The van der Waals surface area contributed by atoms with E-state index in [0.29, 0.717) is 19.0 Å². The third-order valence-corrected chi connectivity index (χ3v) is 4.65. The van der Waals surface area contributed by atoms with Crippen LogP contribution in [0.3, 0.4) is 0 Å². The predicted octanol–water partition coefficient (Wildman–Crippen LogP) is 2.72. The van der Waals surface area contributed by atoms with Gasteiger partial charge in [0, 0.05) is 17.5 Å². The summed E-state index contributed by atoms with van der Waals surface area (Å²) in [5.41, 5.74) is 1.08. The number of carbonyl (C=O) groups is 1. The monoisotopic (exact) mass is 304 g/mol. The third kappa shape index (κ3) is 4.61. The van der Waals surface area contributed by atoms with Gasteiger partial charge in [0.05, 0.1) is 6.42 Å². The van der Waals surface area contributed by atoms with Gasteiger partial charge in [-0.3, -0.25) is 4.79 Å². The highest BCUT2D eigenvalue weighted by Crippen LogP contribution is 2.17. The molecule has 1 aromatic carbocycles. The second-order valence-electron chi connectivity index (χ2n) is 5.34. The molecule has 3 nitrogen and oxygen atoms in total. The highest BCUT2D eigenvalue weighted by molar-refractivity contribution is 7.98. The summed E-state index contributed by atoms with van der Waals surface area (Å²) >= 11 is 1.72. The molecule has 1 amide bonds. The molecule has 1 aliphatic heterocycles. The van der Waals surface area contributed by atoms with E-state index in [0.717, 1.165) is 31.5 Å². The Bertz CT molecular complexity index is 466. The Labute approximate surface area is 131 Å². The van der Waals surface area contributed by atoms with Gasteiger partial charge in [0.15, 0.2) is 0 Å². The number of thioether (sulfide) groups is 1. The molecule has 0 spiro atoms. The van der Waals surface area contributed by atoms with Crippen molar-refractivity contribution in [1.29, 1.82) is 0 Å². The standard InChI is InChI=1S/C17H24N2OS/c1-3-12-19(15-8-10-18-11-9-15)17(20)13-14-4-6-16(21-2)7-5-14/h3-7,15,18H,1,8-13H2,2H3. The lowest BCUT2D eigenvalue weighted by atomic mass is 10.0. The molecule has 1 heterocycles. The lowest BCUT2D eigenvalue weighted by Gasteiger charge is -2.34. The van der Waals surface area contributed by atoms with Crippen LogP contribution in [0.4, 0.5) is 0 Å². The summed E-state index contributed by atoms with van der Waals surface area (Å²) in [6, 6.07) is 8.61. The summed E-state index contributed by atoms with van der Waals surface area (Å²) in [5, 5.41) is 3.35. The second-order valence-corrected chi connectivity index (χ2v) is 6.22. The van der Waals surface area contributed by atoms with Gasteiger partial charge in [-0.1, -0.05) is 18.2 Å². The molecule has 1 aliphatic rings. The van der Waals surface area contributed by atoms with Gasteiger partial charge in [0.2, 0.25) is 5.91 Å². The maximum atomic E-state index is 12.6. The predicted molar refractivity (Wildman–Crippen MR) is 89.7 cm³/mol. The van der Waals surface area contributed by atoms with E-state index in [2.05, 4.69) is 42.4 Å². The van der Waals surface area contributed by atoms with Crippen molar-refractivity contribution in [2.75, 3.05) is 25.9 Å². The molecule has 1 fully saturated rings.